The Morgan fingerprint density at radius 2 is 1.85 bits per heavy atom. The Hall–Kier alpha value is -2.03. The van der Waals surface area contributed by atoms with Gasteiger partial charge in [-0.15, -0.1) is 24.0 Å². The second kappa shape index (κ2) is 11.6. The van der Waals surface area contributed by atoms with Gasteiger partial charge in [0.15, 0.2) is 5.96 Å². The fraction of sp³-hybridized carbons (Fsp3) is 0.316. The average Bonchev–Trinajstić information content (AvgIpc) is 2.64. The van der Waals surface area contributed by atoms with E-state index >= 15 is 0 Å². The number of guanidine groups is 1. The number of hydrogen-bond donors (Lipinski definition) is 2. The van der Waals surface area contributed by atoms with Gasteiger partial charge in [0.25, 0.3) is 0 Å². The zero-order valence-electron chi connectivity index (χ0n) is 15.2. The summed E-state index contributed by atoms with van der Waals surface area (Å²) in [5.41, 5.74) is 1.10. The maximum absolute atomic E-state index is 12.9. The lowest BCUT2D eigenvalue weighted by Crippen LogP contribution is -2.41. The molecular weight excluding hydrogens is 448 g/mol. The third kappa shape index (κ3) is 7.47. The first-order valence-corrected chi connectivity index (χ1v) is 8.10. The van der Waals surface area contributed by atoms with Crippen LogP contribution in [0.3, 0.4) is 0 Å². The number of nitrogens with one attached hydrogen (secondary N) is 2. The number of ether oxygens (including phenoxy) is 2. The Balaban J connectivity index is 0.00000338. The van der Waals surface area contributed by atoms with Gasteiger partial charge in [-0.2, -0.15) is 0 Å². The summed E-state index contributed by atoms with van der Waals surface area (Å²) in [6.45, 7) is 3.13. The van der Waals surface area contributed by atoms with Crippen molar-refractivity contribution in [3.05, 3.63) is 59.9 Å². The van der Waals surface area contributed by atoms with E-state index in [-0.39, 0.29) is 35.9 Å². The molecule has 1 unspecified atom stereocenters. The van der Waals surface area contributed by atoms with Crippen LogP contribution in [-0.2, 0) is 6.54 Å². The Morgan fingerprint density at radius 1 is 1.12 bits per heavy atom. The lowest BCUT2D eigenvalue weighted by Gasteiger charge is -2.18. The van der Waals surface area contributed by atoms with Gasteiger partial charge in [-0.1, -0.05) is 12.1 Å². The minimum absolute atomic E-state index is 0. The molecule has 7 heteroatoms. The van der Waals surface area contributed by atoms with E-state index in [2.05, 4.69) is 15.6 Å². The summed E-state index contributed by atoms with van der Waals surface area (Å²) in [6.07, 6.45) is -0.0965. The number of rotatable bonds is 7. The minimum Gasteiger partial charge on any atom is -0.497 e. The number of benzene rings is 2. The van der Waals surface area contributed by atoms with Crippen molar-refractivity contribution in [2.45, 2.75) is 19.6 Å². The Morgan fingerprint density at radius 3 is 2.50 bits per heavy atom. The molecule has 0 bridgehead atoms. The fourth-order valence-electron chi connectivity index (χ4n) is 2.22. The summed E-state index contributed by atoms with van der Waals surface area (Å²) < 4.78 is 23.8. The van der Waals surface area contributed by atoms with E-state index in [0.29, 0.717) is 24.8 Å². The standard InChI is InChI=1S/C19H24FN3O2.HI/c1-14(25-17-9-7-16(20)8-10-17)12-22-19(21-2)23-13-15-5-4-6-18(11-15)24-3;/h4-11,14H,12-13H2,1-3H3,(H2,21,22,23);1H. The highest BCUT2D eigenvalue weighted by atomic mass is 127. The molecule has 2 rings (SSSR count). The summed E-state index contributed by atoms with van der Waals surface area (Å²) in [5.74, 6) is 1.86. The molecule has 0 spiro atoms. The van der Waals surface area contributed by atoms with E-state index in [1.807, 2.05) is 31.2 Å². The molecule has 0 fully saturated rings. The number of halogens is 2. The molecule has 142 valence electrons. The van der Waals surface area contributed by atoms with E-state index in [9.17, 15) is 4.39 Å². The van der Waals surface area contributed by atoms with E-state index in [4.69, 9.17) is 9.47 Å². The molecule has 0 aromatic heterocycles. The van der Waals surface area contributed by atoms with Gasteiger partial charge in [-0.3, -0.25) is 4.99 Å². The first-order valence-electron chi connectivity index (χ1n) is 8.10. The highest BCUT2D eigenvalue weighted by Gasteiger charge is 2.06. The minimum atomic E-state index is -0.278. The second-order valence-electron chi connectivity index (χ2n) is 5.54. The maximum atomic E-state index is 12.9. The van der Waals surface area contributed by atoms with E-state index < -0.39 is 0 Å². The first-order chi connectivity index (χ1) is 12.1. The molecule has 26 heavy (non-hydrogen) atoms. The normalized spacial score (nSPS) is 11.9. The second-order valence-corrected chi connectivity index (χ2v) is 5.54. The Kier molecular flexibility index (Phi) is 9.79. The summed E-state index contributed by atoms with van der Waals surface area (Å²) in [7, 11) is 3.36. The van der Waals surface area contributed by atoms with Crippen LogP contribution in [0.4, 0.5) is 4.39 Å². The van der Waals surface area contributed by atoms with Crippen LogP contribution < -0.4 is 20.1 Å². The molecule has 2 N–H and O–H groups in total. The van der Waals surface area contributed by atoms with Crippen LogP contribution in [0.25, 0.3) is 0 Å². The van der Waals surface area contributed by atoms with Crippen molar-refractivity contribution < 1.29 is 13.9 Å². The summed E-state index contributed by atoms with van der Waals surface area (Å²) >= 11 is 0. The first kappa shape index (κ1) is 22.0. The third-order valence-corrected chi connectivity index (χ3v) is 3.53. The van der Waals surface area contributed by atoms with Gasteiger partial charge < -0.3 is 20.1 Å². The lowest BCUT2D eigenvalue weighted by molar-refractivity contribution is 0.223. The molecule has 0 heterocycles. The van der Waals surface area contributed by atoms with Crippen LogP contribution >= 0.6 is 24.0 Å². The number of nitrogens with zero attached hydrogens (tertiary/aromatic N) is 1. The van der Waals surface area contributed by atoms with Crippen LogP contribution in [0, 0.1) is 5.82 Å². The van der Waals surface area contributed by atoms with Crippen LogP contribution in [0.2, 0.25) is 0 Å². The average molecular weight is 473 g/mol. The molecule has 2 aromatic rings. The zero-order chi connectivity index (χ0) is 18.1. The lowest BCUT2D eigenvalue weighted by atomic mass is 10.2. The van der Waals surface area contributed by atoms with E-state index in [1.54, 1.807) is 26.3 Å². The van der Waals surface area contributed by atoms with Crippen molar-refractivity contribution >= 4 is 29.9 Å². The predicted molar refractivity (Wildman–Crippen MR) is 113 cm³/mol. The predicted octanol–water partition coefficient (Wildman–Crippen LogP) is 3.58. The molecule has 0 aliphatic rings. The van der Waals surface area contributed by atoms with Crippen molar-refractivity contribution in [2.24, 2.45) is 4.99 Å². The molecule has 5 nitrogen and oxygen atoms in total. The van der Waals surface area contributed by atoms with Gasteiger partial charge in [0.05, 0.1) is 13.7 Å². The summed E-state index contributed by atoms with van der Waals surface area (Å²) in [6, 6.07) is 13.8. The molecule has 0 saturated heterocycles. The van der Waals surface area contributed by atoms with Gasteiger partial charge in [0.2, 0.25) is 0 Å². The van der Waals surface area contributed by atoms with Crippen LogP contribution in [0.15, 0.2) is 53.5 Å². The van der Waals surface area contributed by atoms with Gasteiger partial charge in [-0.25, -0.2) is 4.39 Å². The molecule has 0 amide bonds. The van der Waals surface area contributed by atoms with Crippen molar-refractivity contribution in [3.8, 4) is 11.5 Å². The van der Waals surface area contributed by atoms with Gasteiger partial charge >= 0.3 is 0 Å². The molecule has 2 aromatic carbocycles. The van der Waals surface area contributed by atoms with Gasteiger partial charge in [0.1, 0.15) is 23.4 Å². The SMILES string of the molecule is CN=C(NCc1cccc(OC)c1)NCC(C)Oc1ccc(F)cc1.I. The summed E-state index contributed by atoms with van der Waals surface area (Å²) in [4.78, 5) is 4.19. The Bertz CT molecular complexity index is 695. The fourth-order valence-corrected chi connectivity index (χ4v) is 2.22. The summed E-state index contributed by atoms with van der Waals surface area (Å²) in [5, 5.41) is 6.45. The topological polar surface area (TPSA) is 54.9 Å². The quantitative estimate of drug-likeness (QED) is 0.367. The molecule has 1 atom stereocenters. The zero-order valence-corrected chi connectivity index (χ0v) is 17.5. The largest absolute Gasteiger partial charge is 0.497 e. The van der Waals surface area contributed by atoms with Crippen molar-refractivity contribution in [1.82, 2.24) is 10.6 Å². The molecule has 0 aliphatic heterocycles. The highest BCUT2D eigenvalue weighted by molar-refractivity contribution is 14.0. The molecular formula is C19H25FIN3O2. The van der Waals surface area contributed by atoms with Crippen LogP contribution in [0.5, 0.6) is 11.5 Å². The van der Waals surface area contributed by atoms with Crippen molar-refractivity contribution in [2.75, 3.05) is 20.7 Å². The smallest absolute Gasteiger partial charge is 0.191 e. The number of methoxy groups -OCH3 is 1. The monoisotopic (exact) mass is 473 g/mol. The van der Waals surface area contributed by atoms with Crippen molar-refractivity contribution in [3.63, 3.8) is 0 Å². The highest BCUT2D eigenvalue weighted by Crippen LogP contribution is 2.13. The van der Waals surface area contributed by atoms with E-state index in [0.717, 1.165) is 11.3 Å². The van der Waals surface area contributed by atoms with Gasteiger partial charge in [-0.05, 0) is 48.9 Å². The van der Waals surface area contributed by atoms with Crippen LogP contribution in [0.1, 0.15) is 12.5 Å². The molecule has 0 aliphatic carbocycles. The van der Waals surface area contributed by atoms with Crippen LogP contribution in [-0.4, -0.2) is 32.8 Å². The molecule has 0 radical (unpaired) electrons. The third-order valence-electron chi connectivity index (χ3n) is 3.53. The molecule has 0 saturated carbocycles. The number of hydrogen-bond acceptors (Lipinski definition) is 3. The maximum Gasteiger partial charge on any atom is 0.191 e. The van der Waals surface area contributed by atoms with Gasteiger partial charge in [0, 0.05) is 13.6 Å². The van der Waals surface area contributed by atoms with E-state index in [1.165, 1.54) is 12.1 Å². The number of aliphatic imine (C=N–C) groups is 1. The van der Waals surface area contributed by atoms with Crippen molar-refractivity contribution in [1.29, 1.82) is 0 Å². The Labute approximate surface area is 171 Å².